The summed E-state index contributed by atoms with van der Waals surface area (Å²) >= 11 is 6.09. The molecule has 0 aliphatic carbocycles. The van der Waals surface area contributed by atoms with Crippen LogP contribution in [-0.2, 0) is 6.54 Å². The Bertz CT molecular complexity index is 781. The summed E-state index contributed by atoms with van der Waals surface area (Å²) in [5.41, 5.74) is 0.752. The number of nitrogens with one attached hydrogen (secondary N) is 1. The highest BCUT2D eigenvalue weighted by Gasteiger charge is 2.25. The van der Waals surface area contributed by atoms with Crippen LogP contribution in [0.5, 0.6) is 0 Å². The molecule has 1 saturated heterocycles. The van der Waals surface area contributed by atoms with E-state index in [2.05, 4.69) is 17.1 Å². The third-order valence-electron chi connectivity index (χ3n) is 4.94. The van der Waals surface area contributed by atoms with E-state index in [0.717, 1.165) is 56.8 Å². The highest BCUT2D eigenvalue weighted by molar-refractivity contribution is 6.31. The third kappa shape index (κ3) is 3.89. The fourth-order valence-corrected chi connectivity index (χ4v) is 3.87. The molecule has 1 aromatic heterocycles. The highest BCUT2D eigenvalue weighted by Crippen LogP contribution is 2.26. The molecule has 25 heavy (non-hydrogen) atoms. The Kier molecular flexibility index (Phi) is 6.10. The number of hydrogen-bond acceptors (Lipinski definition) is 4. The van der Waals surface area contributed by atoms with Crippen LogP contribution in [0.3, 0.4) is 0 Å². The van der Waals surface area contributed by atoms with Gasteiger partial charge in [-0.3, -0.25) is 14.3 Å². The number of aromatic nitrogens is 2. The number of hydrogen-bond donors (Lipinski definition) is 1. The van der Waals surface area contributed by atoms with Crippen molar-refractivity contribution < 1.29 is 0 Å². The smallest absolute Gasteiger partial charge is 0.261 e. The average molecular weight is 363 g/mol. The molecule has 2 heterocycles. The number of rotatable bonds is 5. The summed E-state index contributed by atoms with van der Waals surface area (Å²) in [6.07, 6.45) is 3.19. The van der Waals surface area contributed by atoms with Crippen molar-refractivity contribution in [2.75, 3.05) is 26.2 Å². The van der Waals surface area contributed by atoms with Gasteiger partial charge in [-0.1, -0.05) is 24.9 Å². The van der Waals surface area contributed by atoms with E-state index in [4.69, 9.17) is 16.6 Å². The molecule has 1 N–H and O–H groups in total. The molecule has 1 atom stereocenters. The van der Waals surface area contributed by atoms with Crippen LogP contribution in [0.2, 0.25) is 5.02 Å². The number of nitrogens with zero attached hydrogens (tertiary/aromatic N) is 3. The monoisotopic (exact) mass is 362 g/mol. The van der Waals surface area contributed by atoms with E-state index in [0.29, 0.717) is 17.0 Å². The molecule has 1 aliphatic rings. The zero-order valence-corrected chi connectivity index (χ0v) is 15.9. The largest absolute Gasteiger partial charge is 0.315 e. The summed E-state index contributed by atoms with van der Waals surface area (Å²) in [5, 5.41) is 4.63. The van der Waals surface area contributed by atoms with Gasteiger partial charge in [0.2, 0.25) is 0 Å². The zero-order valence-electron chi connectivity index (χ0n) is 15.1. The van der Waals surface area contributed by atoms with Crippen LogP contribution >= 0.6 is 11.6 Å². The summed E-state index contributed by atoms with van der Waals surface area (Å²) in [4.78, 5) is 20.4. The van der Waals surface area contributed by atoms with E-state index >= 15 is 0 Å². The van der Waals surface area contributed by atoms with Crippen LogP contribution in [0.25, 0.3) is 10.9 Å². The second-order valence-electron chi connectivity index (χ2n) is 6.62. The van der Waals surface area contributed by atoms with E-state index in [1.165, 1.54) is 0 Å². The first kappa shape index (κ1) is 18.4. The molecular weight excluding hydrogens is 336 g/mol. The molecule has 6 heteroatoms. The SMILES string of the molecule is CCCC(c1nc2ccc(Cl)cc2c(=O)n1CC)N1CCCNCC1. The maximum atomic E-state index is 13.0. The van der Waals surface area contributed by atoms with Crippen LogP contribution in [0.15, 0.2) is 23.0 Å². The van der Waals surface area contributed by atoms with Gasteiger partial charge < -0.3 is 5.32 Å². The van der Waals surface area contributed by atoms with Crippen molar-refractivity contribution in [2.45, 2.75) is 45.7 Å². The van der Waals surface area contributed by atoms with Crippen LogP contribution < -0.4 is 10.9 Å². The lowest BCUT2D eigenvalue weighted by molar-refractivity contribution is 0.185. The molecule has 1 fully saturated rings. The van der Waals surface area contributed by atoms with Crippen molar-refractivity contribution in [1.29, 1.82) is 0 Å². The number of benzene rings is 1. The molecule has 0 radical (unpaired) electrons. The average Bonchev–Trinajstić information content (AvgIpc) is 2.89. The standard InChI is InChI=1S/C19H27ClN4O/c1-3-6-17(23-11-5-9-21-10-12-23)18-22-16-8-7-14(20)13-15(16)19(25)24(18)4-2/h7-8,13,17,21H,3-6,9-12H2,1-2H3. The van der Waals surface area contributed by atoms with Gasteiger partial charge in [0.25, 0.3) is 5.56 Å². The van der Waals surface area contributed by atoms with Crippen molar-refractivity contribution in [3.8, 4) is 0 Å². The van der Waals surface area contributed by atoms with Gasteiger partial charge >= 0.3 is 0 Å². The van der Waals surface area contributed by atoms with Crippen molar-refractivity contribution in [2.24, 2.45) is 0 Å². The summed E-state index contributed by atoms with van der Waals surface area (Å²) < 4.78 is 1.83. The fourth-order valence-electron chi connectivity index (χ4n) is 3.70. The van der Waals surface area contributed by atoms with E-state index in [1.807, 2.05) is 17.6 Å². The van der Waals surface area contributed by atoms with Gasteiger partial charge in [0, 0.05) is 31.2 Å². The molecule has 136 valence electrons. The lowest BCUT2D eigenvalue weighted by Gasteiger charge is -2.31. The van der Waals surface area contributed by atoms with E-state index in [1.54, 1.807) is 12.1 Å². The molecule has 3 rings (SSSR count). The number of halogens is 1. The second kappa shape index (κ2) is 8.30. The molecule has 0 amide bonds. The first-order valence-corrected chi connectivity index (χ1v) is 9.68. The molecule has 1 aromatic carbocycles. The van der Waals surface area contributed by atoms with Gasteiger partial charge in [0.1, 0.15) is 5.82 Å². The van der Waals surface area contributed by atoms with Gasteiger partial charge in [0.15, 0.2) is 0 Å². The Hall–Kier alpha value is -1.43. The van der Waals surface area contributed by atoms with Gasteiger partial charge in [-0.05, 0) is 44.5 Å². The summed E-state index contributed by atoms with van der Waals surface area (Å²) in [5.74, 6) is 0.895. The maximum Gasteiger partial charge on any atom is 0.261 e. The van der Waals surface area contributed by atoms with Crippen molar-refractivity contribution in [3.05, 3.63) is 39.4 Å². The Morgan fingerprint density at radius 3 is 2.88 bits per heavy atom. The van der Waals surface area contributed by atoms with Crippen LogP contribution in [0.4, 0.5) is 0 Å². The predicted octanol–water partition coefficient (Wildman–Crippen LogP) is 3.21. The minimum absolute atomic E-state index is 0.0130. The van der Waals surface area contributed by atoms with E-state index < -0.39 is 0 Å². The molecule has 1 unspecified atom stereocenters. The topological polar surface area (TPSA) is 50.2 Å². The summed E-state index contributed by atoms with van der Waals surface area (Å²) in [6.45, 7) is 8.89. The molecule has 0 saturated carbocycles. The van der Waals surface area contributed by atoms with Crippen LogP contribution in [-0.4, -0.2) is 40.6 Å². The van der Waals surface area contributed by atoms with Crippen LogP contribution in [0, 0.1) is 0 Å². The molecule has 0 bridgehead atoms. The summed E-state index contributed by atoms with van der Waals surface area (Å²) in [6, 6.07) is 5.57. The van der Waals surface area contributed by atoms with Gasteiger partial charge in [-0.15, -0.1) is 0 Å². The minimum atomic E-state index is 0.0130. The Morgan fingerprint density at radius 2 is 2.12 bits per heavy atom. The van der Waals surface area contributed by atoms with E-state index in [9.17, 15) is 4.79 Å². The lowest BCUT2D eigenvalue weighted by atomic mass is 10.1. The highest BCUT2D eigenvalue weighted by atomic mass is 35.5. The molecule has 0 spiro atoms. The molecule has 1 aliphatic heterocycles. The molecular formula is C19H27ClN4O. The molecule has 5 nitrogen and oxygen atoms in total. The fraction of sp³-hybridized carbons (Fsp3) is 0.579. The van der Waals surface area contributed by atoms with Crippen molar-refractivity contribution in [1.82, 2.24) is 19.8 Å². The van der Waals surface area contributed by atoms with Crippen molar-refractivity contribution in [3.63, 3.8) is 0 Å². The van der Waals surface area contributed by atoms with Gasteiger partial charge in [-0.2, -0.15) is 0 Å². The first-order chi connectivity index (χ1) is 12.2. The maximum absolute atomic E-state index is 13.0. The number of fused-ring (bicyclic) bond motifs is 1. The predicted molar refractivity (Wildman–Crippen MR) is 103 cm³/mol. The quantitative estimate of drug-likeness (QED) is 0.887. The molecule has 2 aromatic rings. The van der Waals surface area contributed by atoms with Gasteiger partial charge in [-0.25, -0.2) is 4.98 Å². The Morgan fingerprint density at radius 1 is 1.28 bits per heavy atom. The second-order valence-corrected chi connectivity index (χ2v) is 7.06. The normalized spacial score (nSPS) is 17.6. The zero-order chi connectivity index (χ0) is 17.8. The van der Waals surface area contributed by atoms with Gasteiger partial charge in [0.05, 0.1) is 16.9 Å². The van der Waals surface area contributed by atoms with Crippen molar-refractivity contribution >= 4 is 22.5 Å². The minimum Gasteiger partial charge on any atom is -0.315 e. The Balaban J connectivity index is 2.12. The Labute approximate surface area is 154 Å². The van der Waals surface area contributed by atoms with E-state index in [-0.39, 0.29) is 11.6 Å². The first-order valence-electron chi connectivity index (χ1n) is 9.30. The third-order valence-corrected chi connectivity index (χ3v) is 5.17. The lowest BCUT2D eigenvalue weighted by Crippen LogP contribution is -2.37. The van der Waals surface area contributed by atoms with Crippen LogP contribution in [0.1, 0.15) is 45.0 Å². The summed E-state index contributed by atoms with van der Waals surface area (Å²) in [7, 11) is 0.